The molecule has 0 spiro atoms. The van der Waals surface area contributed by atoms with Crippen LogP contribution in [0.3, 0.4) is 0 Å². The first-order valence-corrected chi connectivity index (χ1v) is 15.0. The van der Waals surface area contributed by atoms with Crippen LogP contribution < -0.4 is 10.0 Å². The average Bonchev–Trinajstić information content (AvgIpc) is 3.76. The zero-order valence-corrected chi connectivity index (χ0v) is 23.1. The summed E-state index contributed by atoms with van der Waals surface area (Å²) in [6, 6.07) is 12.3. The maximum absolute atomic E-state index is 12.9. The van der Waals surface area contributed by atoms with Crippen LogP contribution in [0.5, 0.6) is 0 Å². The van der Waals surface area contributed by atoms with Crippen LogP contribution >= 0.6 is 0 Å². The predicted octanol–water partition coefficient (Wildman–Crippen LogP) is 4.13. The fourth-order valence-electron chi connectivity index (χ4n) is 4.85. The number of piperidine rings is 1. The molecule has 0 unspecified atom stereocenters. The number of alkyl halides is 3. The number of carboxylic acids is 1. The van der Waals surface area contributed by atoms with Crippen molar-refractivity contribution < 1.29 is 41.1 Å². The van der Waals surface area contributed by atoms with Crippen molar-refractivity contribution in [2.45, 2.75) is 68.5 Å². The van der Waals surface area contributed by atoms with E-state index in [-0.39, 0.29) is 22.6 Å². The van der Waals surface area contributed by atoms with Crippen LogP contribution in [-0.2, 0) is 32.5 Å². The van der Waals surface area contributed by atoms with Crippen molar-refractivity contribution in [1.29, 1.82) is 0 Å². The van der Waals surface area contributed by atoms with E-state index < -0.39 is 22.2 Å². The molecule has 2 amide bonds. The Morgan fingerprint density at radius 1 is 0.878 bits per heavy atom. The fraction of sp³-hybridized carbons (Fsp3) is 0.464. The Morgan fingerprint density at radius 3 is 2.02 bits per heavy atom. The molecule has 2 aliphatic carbocycles. The number of hydrogen-bond acceptors (Lipinski definition) is 5. The number of anilines is 1. The van der Waals surface area contributed by atoms with E-state index in [1.54, 1.807) is 41.3 Å². The second-order valence-corrected chi connectivity index (χ2v) is 12.2. The van der Waals surface area contributed by atoms with E-state index in [0.29, 0.717) is 43.2 Å². The van der Waals surface area contributed by atoms with Gasteiger partial charge in [-0.05, 0) is 98.9 Å². The molecule has 2 aromatic carbocycles. The first kappa shape index (κ1) is 30.4. The van der Waals surface area contributed by atoms with Gasteiger partial charge >= 0.3 is 12.1 Å². The maximum Gasteiger partial charge on any atom is 0.490 e. The van der Waals surface area contributed by atoms with Crippen molar-refractivity contribution in [3.05, 3.63) is 59.2 Å². The Kier molecular flexibility index (Phi) is 9.25. The van der Waals surface area contributed by atoms with Crippen LogP contribution in [0.1, 0.15) is 60.0 Å². The molecule has 0 radical (unpaired) electrons. The molecular weight excluding hydrogens is 563 g/mol. The lowest BCUT2D eigenvalue weighted by atomic mass is 9.92. The maximum atomic E-state index is 12.9. The zero-order valence-electron chi connectivity index (χ0n) is 22.2. The Morgan fingerprint density at radius 2 is 1.46 bits per heavy atom. The number of benzene rings is 2. The highest BCUT2D eigenvalue weighted by Crippen LogP contribution is 2.26. The van der Waals surface area contributed by atoms with Gasteiger partial charge in [0.1, 0.15) is 0 Å². The third kappa shape index (κ3) is 8.21. The molecule has 2 aromatic rings. The van der Waals surface area contributed by atoms with Gasteiger partial charge < -0.3 is 15.3 Å². The molecule has 2 fully saturated rings. The number of aliphatic carboxylic acids is 1. The second-order valence-electron chi connectivity index (χ2n) is 10.5. The Bertz CT molecular complexity index is 1380. The summed E-state index contributed by atoms with van der Waals surface area (Å²) in [5, 5.41) is 10.2. The quantitative estimate of drug-likeness (QED) is 0.460. The third-order valence-electron chi connectivity index (χ3n) is 7.33. The van der Waals surface area contributed by atoms with E-state index in [1.807, 2.05) is 6.07 Å². The minimum atomic E-state index is -5.08. The van der Waals surface area contributed by atoms with Crippen LogP contribution in [0, 0.1) is 5.92 Å². The number of likely N-dealkylation sites (tertiary alicyclic amines) is 1. The highest BCUT2D eigenvalue weighted by Gasteiger charge is 2.38. The minimum absolute atomic E-state index is 0.0231. The van der Waals surface area contributed by atoms with Crippen LogP contribution in [0.4, 0.5) is 18.9 Å². The molecule has 0 aromatic heterocycles. The van der Waals surface area contributed by atoms with Crippen LogP contribution in [0.2, 0.25) is 0 Å². The SMILES string of the molecule is O=C(NC1CC1)C1CCN(C(=O)c2ccc(NS(=O)(=O)c3ccc4c(c3)CCCC4)cc2)CC1.O=C(O)C(F)(F)F. The number of amides is 2. The van der Waals surface area contributed by atoms with Gasteiger partial charge in [-0.3, -0.25) is 14.3 Å². The average molecular weight is 596 g/mol. The molecule has 9 nitrogen and oxygen atoms in total. The summed E-state index contributed by atoms with van der Waals surface area (Å²) in [4.78, 5) is 36.1. The number of fused-ring (bicyclic) bond motifs is 1. The zero-order chi connectivity index (χ0) is 29.8. The molecule has 0 atom stereocenters. The minimum Gasteiger partial charge on any atom is -0.475 e. The third-order valence-corrected chi connectivity index (χ3v) is 8.71. The number of carbonyl (C=O) groups excluding carboxylic acids is 2. The fourth-order valence-corrected chi connectivity index (χ4v) is 5.95. The number of nitrogens with zero attached hydrogens (tertiary/aromatic N) is 1. The Hall–Kier alpha value is -3.61. The van der Waals surface area contributed by atoms with Gasteiger partial charge in [0, 0.05) is 36.3 Å². The largest absolute Gasteiger partial charge is 0.490 e. The number of rotatable bonds is 6. The van der Waals surface area contributed by atoms with Crippen molar-refractivity contribution in [3.8, 4) is 0 Å². The van der Waals surface area contributed by atoms with Gasteiger partial charge in [0.15, 0.2) is 0 Å². The molecular formula is C28H32F3N3O6S. The van der Waals surface area contributed by atoms with Gasteiger partial charge in [0.2, 0.25) is 5.91 Å². The van der Waals surface area contributed by atoms with E-state index in [2.05, 4.69) is 10.0 Å². The summed E-state index contributed by atoms with van der Waals surface area (Å²) in [6.07, 6.45) is 2.56. The number of halogens is 3. The predicted molar refractivity (Wildman–Crippen MR) is 144 cm³/mol. The summed E-state index contributed by atoms with van der Waals surface area (Å²) in [5.41, 5.74) is 3.28. The standard InChI is InChI=1S/C26H31N3O4S.C2HF3O2/c30-25(27-22-10-11-22)19-13-15-29(16-14-19)26(31)20-5-8-23(9-6-20)28-34(32,33)24-12-7-18-3-1-2-4-21(18)17-24;3-2(4,5)1(6)7/h5-9,12,17,19,22,28H,1-4,10-11,13-16H2,(H,27,30);(H,6,7). The van der Waals surface area contributed by atoms with Crippen LogP contribution in [-0.4, -0.2) is 61.5 Å². The van der Waals surface area contributed by atoms with Gasteiger partial charge in [-0.25, -0.2) is 13.2 Å². The van der Waals surface area contributed by atoms with Crippen LogP contribution in [0.25, 0.3) is 0 Å². The highest BCUT2D eigenvalue weighted by atomic mass is 32.2. The molecule has 3 N–H and O–H groups in total. The number of hydrogen-bond donors (Lipinski definition) is 3. The summed E-state index contributed by atoms with van der Waals surface area (Å²) in [7, 11) is -3.70. The summed E-state index contributed by atoms with van der Waals surface area (Å²) >= 11 is 0. The Balaban J connectivity index is 0.000000493. The lowest BCUT2D eigenvalue weighted by Gasteiger charge is -2.31. The monoisotopic (exact) mass is 595 g/mol. The van der Waals surface area contributed by atoms with Crippen molar-refractivity contribution in [2.75, 3.05) is 17.8 Å². The molecule has 3 aliphatic rings. The van der Waals surface area contributed by atoms with Gasteiger partial charge in [0.25, 0.3) is 15.9 Å². The van der Waals surface area contributed by atoms with Crippen molar-refractivity contribution in [1.82, 2.24) is 10.2 Å². The molecule has 0 bridgehead atoms. The van der Waals surface area contributed by atoms with Crippen LogP contribution in [0.15, 0.2) is 47.4 Å². The van der Waals surface area contributed by atoms with E-state index in [9.17, 15) is 31.2 Å². The molecule has 1 aliphatic heterocycles. The lowest BCUT2D eigenvalue weighted by Crippen LogP contribution is -2.43. The van der Waals surface area contributed by atoms with E-state index in [4.69, 9.17) is 9.90 Å². The topological polar surface area (TPSA) is 133 Å². The molecule has 41 heavy (non-hydrogen) atoms. The van der Waals surface area contributed by atoms with E-state index in [1.165, 1.54) is 5.56 Å². The molecule has 222 valence electrons. The van der Waals surface area contributed by atoms with E-state index in [0.717, 1.165) is 44.1 Å². The summed E-state index contributed by atoms with van der Waals surface area (Å²) in [5.74, 6) is -2.76. The number of aryl methyl sites for hydroxylation is 2. The van der Waals surface area contributed by atoms with Crippen molar-refractivity contribution in [3.63, 3.8) is 0 Å². The number of carbonyl (C=O) groups is 3. The molecule has 1 saturated carbocycles. The molecule has 5 rings (SSSR count). The van der Waals surface area contributed by atoms with E-state index >= 15 is 0 Å². The number of carboxylic acid groups (broad SMARTS) is 1. The van der Waals surface area contributed by atoms with Crippen molar-refractivity contribution >= 4 is 33.5 Å². The highest BCUT2D eigenvalue weighted by molar-refractivity contribution is 7.92. The normalized spacial score (nSPS) is 17.5. The number of sulfonamides is 1. The lowest BCUT2D eigenvalue weighted by molar-refractivity contribution is -0.192. The van der Waals surface area contributed by atoms with Crippen molar-refractivity contribution in [2.24, 2.45) is 5.92 Å². The molecule has 1 saturated heterocycles. The first-order valence-electron chi connectivity index (χ1n) is 13.5. The second kappa shape index (κ2) is 12.5. The Labute approximate surface area is 236 Å². The number of nitrogens with one attached hydrogen (secondary N) is 2. The van der Waals surface area contributed by atoms with Gasteiger partial charge in [0.05, 0.1) is 4.90 Å². The molecule has 1 heterocycles. The van der Waals surface area contributed by atoms with Gasteiger partial charge in [-0.15, -0.1) is 0 Å². The first-order chi connectivity index (χ1) is 19.3. The van der Waals surface area contributed by atoms with Gasteiger partial charge in [-0.1, -0.05) is 6.07 Å². The summed E-state index contributed by atoms with van der Waals surface area (Å²) < 4.78 is 60.1. The van der Waals surface area contributed by atoms with Gasteiger partial charge in [-0.2, -0.15) is 13.2 Å². The smallest absolute Gasteiger partial charge is 0.475 e. The summed E-state index contributed by atoms with van der Waals surface area (Å²) in [6.45, 7) is 1.10. The molecule has 13 heteroatoms.